The number of hydrogen-bond donors (Lipinski definition) is 1. The number of ether oxygens (including phenoxy) is 1. The molecule has 102 valence electrons. The zero-order chi connectivity index (χ0) is 13.9. The molecule has 2 N–H and O–H groups in total. The van der Waals surface area contributed by atoms with Crippen LogP contribution in [-0.2, 0) is 13.0 Å². The summed E-state index contributed by atoms with van der Waals surface area (Å²) < 4.78 is 7.83. The summed E-state index contributed by atoms with van der Waals surface area (Å²) in [7, 11) is 0. The van der Waals surface area contributed by atoms with Crippen LogP contribution in [0.4, 0.5) is 0 Å². The Bertz CT molecular complexity index is 716. The fourth-order valence-electron chi connectivity index (χ4n) is 2.20. The lowest BCUT2D eigenvalue weighted by molar-refractivity contribution is 0.459. The third kappa shape index (κ3) is 2.26. The maximum absolute atomic E-state index is 5.87. The number of pyridine rings is 1. The van der Waals surface area contributed by atoms with Crippen molar-refractivity contribution in [3.8, 4) is 11.6 Å². The summed E-state index contributed by atoms with van der Waals surface area (Å²) in [5, 5.41) is 0. The van der Waals surface area contributed by atoms with Crippen molar-refractivity contribution in [3.63, 3.8) is 0 Å². The predicted octanol–water partition coefficient (Wildman–Crippen LogP) is 3.15. The molecule has 0 radical (unpaired) electrons. The Labute approximate surface area is 117 Å². The van der Waals surface area contributed by atoms with Crippen LogP contribution in [0.15, 0.2) is 48.7 Å². The van der Waals surface area contributed by atoms with Crippen molar-refractivity contribution in [3.05, 3.63) is 59.9 Å². The van der Waals surface area contributed by atoms with Gasteiger partial charge in [-0.1, -0.05) is 25.1 Å². The molecule has 0 amide bonds. The highest BCUT2D eigenvalue weighted by Crippen LogP contribution is 2.25. The van der Waals surface area contributed by atoms with Crippen LogP contribution in [0.2, 0.25) is 0 Å². The summed E-state index contributed by atoms with van der Waals surface area (Å²) >= 11 is 0. The van der Waals surface area contributed by atoms with Crippen molar-refractivity contribution >= 4 is 5.65 Å². The van der Waals surface area contributed by atoms with Gasteiger partial charge in [0.15, 0.2) is 0 Å². The third-order valence-electron chi connectivity index (χ3n) is 3.33. The second-order valence-electron chi connectivity index (χ2n) is 4.60. The normalized spacial score (nSPS) is 10.9. The smallest absolute Gasteiger partial charge is 0.242 e. The molecule has 0 aliphatic heterocycles. The molecule has 0 fully saturated rings. The monoisotopic (exact) mass is 267 g/mol. The zero-order valence-electron chi connectivity index (χ0n) is 11.4. The van der Waals surface area contributed by atoms with Crippen LogP contribution >= 0.6 is 0 Å². The molecule has 0 unspecified atom stereocenters. The van der Waals surface area contributed by atoms with Crippen molar-refractivity contribution in [1.29, 1.82) is 0 Å². The lowest BCUT2D eigenvalue weighted by Gasteiger charge is -2.05. The molecular formula is C16H17N3O. The van der Waals surface area contributed by atoms with E-state index in [2.05, 4.69) is 24.0 Å². The van der Waals surface area contributed by atoms with Crippen LogP contribution in [0.1, 0.15) is 18.2 Å². The number of hydrogen-bond acceptors (Lipinski definition) is 3. The lowest BCUT2D eigenvalue weighted by Crippen LogP contribution is -2.02. The van der Waals surface area contributed by atoms with E-state index in [-0.39, 0.29) is 0 Å². The quantitative estimate of drug-likeness (QED) is 0.790. The number of aromatic nitrogens is 2. The van der Waals surface area contributed by atoms with Gasteiger partial charge in [0.05, 0.1) is 0 Å². The van der Waals surface area contributed by atoms with Gasteiger partial charge in [0.2, 0.25) is 5.88 Å². The summed E-state index contributed by atoms with van der Waals surface area (Å²) in [6, 6.07) is 13.9. The topological polar surface area (TPSA) is 52.5 Å². The molecule has 0 spiro atoms. The van der Waals surface area contributed by atoms with Crippen LogP contribution in [0.25, 0.3) is 5.65 Å². The Hall–Kier alpha value is -2.33. The molecule has 2 aromatic heterocycles. The first-order valence-corrected chi connectivity index (χ1v) is 6.74. The SMILES string of the molecule is CCc1ccc(Oc2nc3ccccn3c2CN)cc1. The summed E-state index contributed by atoms with van der Waals surface area (Å²) in [5.41, 5.74) is 8.82. The first-order chi connectivity index (χ1) is 9.81. The van der Waals surface area contributed by atoms with Crippen LogP contribution in [0.3, 0.4) is 0 Å². The van der Waals surface area contributed by atoms with E-state index in [1.165, 1.54) is 5.56 Å². The summed E-state index contributed by atoms with van der Waals surface area (Å²) in [5.74, 6) is 1.35. The molecule has 0 aliphatic rings. The number of nitrogens with zero attached hydrogens (tertiary/aromatic N) is 2. The fraction of sp³-hybridized carbons (Fsp3) is 0.188. The average Bonchev–Trinajstić information content (AvgIpc) is 2.85. The van der Waals surface area contributed by atoms with E-state index in [1.807, 2.05) is 40.9 Å². The van der Waals surface area contributed by atoms with Gasteiger partial charge in [0.1, 0.15) is 17.1 Å². The molecule has 3 rings (SSSR count). The van der Waals surface area contributed by atoms with E-state index >= 15 is 0 Å². The zero-order valence-corrected chi connectivity index (χ0v) is 11.4. The average molecular weight is 267 g/mol. The highest BCUT2D eigenvalue weighted by molar-refractivity contribution is 5.46. The number of aryl methyl sites for hydroxylation is 1. The molecule has 2 heterocycles. The van der Waals surface area contributed by atoms with Gasteiger partial charge in [-0.25, -0.2) is 0 Å². The molecular weight excluding hydrogens is 250 g/mol. The van der Waals surface area contributed by atoms with E-state index in [4.69, 9.17) is 10.5 Å². The van der Waals surface area contributed by atoms with Crippen molar-refractivity contribution in [2.24, 2.45) is 5.73 Å². The first kappa shape index (κ1) is 12.7. The lowest BCUT2D eigenvalue weighted by atomic mass is 10.2. The Morgan fingerprint density at radius 2 is 1.95 bits per heavy atom. The molecule has 0 saturated carbocycles. The van der Waals surface area contributed by atoms with Gasteiger partial charge in [-0.05, 0) is 36.2 Å². The molecule has 0 saturated heterocycles. The molecule has 3 aromatic rings. The maximum atomic E-state index is 5.87. The van der Waals surface area contributed by atoms with Crippen molar-refractivity contribution < 1.29 is 4.74 Å². The van der Waals surface area contributed by atoms with Gasteiger partial charge >= 0.3 is 0 Å². The Morgan fingerprint density at radius 1 is 1.15 bits per heavy atom. The standard InChI is InChI=1S/C16H17N3O/c1-2-12-6-8-13(9-7-12)20-16-14(11-17)19-10-4-3-5-15(19)18-16/h3-10H,2,11,17H2,1H3. The van der Waals surface area contributed by atoms with Gasteiger partial charge in [0, 0.05) is 12.7 Å². The predicted molar refractivity (Wildman–Crippen MR) is 79.0 cm³/mol. The van der Waals surface area contributed by atoms with Crippen LogP contribution in [0, 0.1) is 0 Å². The number of benzene rings is 1. The molecule has 0 aliphatic carbocycles. The molecule has 4 nitrogen and oxygen atoms in total. The molecule has 0 bridgehead atoms. The van der Waals surface area contributed by atoms with E-state index in [0.717, 1.165) is 23.5 Å². The summed E-state index contributed by atoms with van der Waals surface area (Å²) in [6.45, 7) is 2.51. The van der Waals surface area contributed by atoms with Gasteiger partial charge in [0.25, 0.3) is 0 Å². The van der Waals surface area contributed by atoms with Gasteiger partial charge in [-0.15, -0.1) is 0 Å². The Morgan fingerprint density at radius 3 is 2.65 bits per heavy atom. The fourth-order valence-corrected chi connectivity index (χ4v) is 2.20. The third-order valence-corrected chi connectivity index (χ3v) is 3.33. The van der Waals surface area contributed by atoms with E-state index in [0.29, 0.717) is 12.4 Å². The number of rotatable bonds is 4. The minimum atomic E-state index is 0.382. The van der Waals surface area contributed by atoms with Gasteiger partial charge < -0.3 is 10.5 Å². The Kier molecular flexibility index (Phi) is 3.39. The maximum Gasteiger partial charge on any atom is 0.242 e. The van der Waals surface area contributed by atoms with Crippen LogP contribution in [0.5, 0.6) is 11.6 Å². The highest BCUT2D eigenvalue weighted by atomic mass is 16.5. The van der Waals surface area contributed by atoms with Gasteiger partial charge in [-0.2, -0.15) is 4.98 Å². The van der Waals surface area contributed by atoms with E-state index in [9.17, 15) is 0 Å². The minimum absolute atomic E-state index is 0.382. The number of fused-ring (bicyclic) bond motifs is 1. The molecule has 1 aromatic carbocycles. The second kappa shape index (κ2) is 5.35. The largest absolute Gasteiger partial charge is 0.437 e. The van der Waals surface area contributed by atoms with Gasteiger partial charge in [-0.3, -0.25) is 4.40 Å². The molecule has 0 atom stereocenters. The van der Waals surface area contributed by atoms with Crippen molar-refractivity contribution in [1.82, 2.24) is 9.38 Å². The molecule has 4 heteroatoms. The van der Waals surface area contributed by atoms with Crippen LogP contribution in [-0.4, -0.2) is 9.38 Å². The summed E-state index contributed by atoms with van der Waals surface area (Å²) in [4.78, 5) is 4.48. The Balaban J connectivity index is 1.96. The minimum Gasteiger partial charge on any atom is -0.437 e. The number of nitrogens with two attached hydrogens (primary N) is 1. The van der Waals surface area contributed by atoms with Crippen molar-refractivity contribution in [2.75, 3.05) is 0 Å². The van der Waals surface area contributed by atoms with E-state index in [1.54, 1.807) is 0 Å². The summed E-state index contributed by atoms with van der Waals surface area (Å²) in [6.07, 6.45) is 2.96. The molecule has 20 heavy (non-hydrogen) atoms. The number of imidazole rings is 1. The van der Waals surface area contributed by atoms with Crippen LogP contribution < -0.4 is 10.5 Å². The second-order valence-corrected chi connectivity index (χ2v) is 4.60. The van der Waals surface area contributed by atoms with E-state index < -0.39 is 0 Å². The first-order valence-electron chi connectivity index (χ1n) is 6.74. The van der Waals surface area contributed by atoms with Crippen molar-refractivity contribution in [2.45, 2.75) is 19.9 Å². The highest BCUT2D eigenvalue weighted by Gasteiger charge is 2.12.